The normalized spacial score (nSPS) is 16.3. The molecule has 3 rings (SSSR count). The van der Waals surface area contributed by atoms with E-state index in [9.17, 15) is 4.79 Å². The van der Waals surface area contributed by atoms with Crippen LogP contribution >= 0.6 is 39.9 Å². The SMILES string of the molecule is CCNC(=NCCNC(=O)c1ccco1)NC1CCN(c2ccccc2Br)C1.I. The van der Waals surface area contributed by atoms with Gasteiger partial charge in [-0.1, -0.05) is 12.1 Å². The summed E-state index contributed by atoms with van der Waals surface area (Å²) in [4.78, 5) is 18.8. The average molecular weight is 576 g/mol. The number of benzene rings is 1. The van der Waals surface area contributed by atoms with Crippen molar-refractivity contribution in [1.29, 1.82) is 0 Å². The zero-order valence-electron chi connectivity index (χ0n) is 16.4. The molecule has 2 heterocycles. The molecule has 1 saturated heterocycles. The number of carbonyl (C=O) groups excluding carboxylic acids is 1. The third-order valence-corrected chi connectivity index (χ3v) is 5.15. The number of nitrogens with zero attached hydrogens (tertiary/aromatic N) is 2. The van der Waals surface area contributed by atoms with Crippen molar-refractivity contribution in [3.63, 3.8) is 0 Å². The highest BCUT2D eigenvalue weighted by atomic mass is 127. The Morgan fingerprint density at radius 3 is 2.83 bits per heavy atom. The monoisotopic (exact) mass is 575 g/mol. The molecule has 1 amide bonds. The van der Waals surface area contributed by atoms with Crippen molar-refractivity contribution < 1.29 is 9.21 Å². The Hall–Kier alpha value is -1.75. The molecule has 0 aliphatic carbocycles. The zero-order chi connectivity index (χ0) is 19.8. The molecule has 1 atom stereocenters. The van der Waals surface area contributed by atoms with Gasteiger partial charge in [0.2, 0.25) is 0 Å². The first-order valence-electron chi connectivity index (χ1n) is 9.53. The van der Waals surface area contributed by atoms with Crippen molar-refractivity contribution in [2.45, 2.75) is 19.4 Å². The molecule has 0 saturated carbocycles. The maximum Gasteiger partial charge on any atom is 0.287 e. The molecule has 1 unspecified atom stereocenters. The highest BCUT2D eigenvalue weighted by molar-refractivity contribution is 14.0. The lowest BCUT2D eigenvalue weighted by Crippen LogP contribution is -2.45. The lowest BCUT2D eigenvalue weighted by molar-refractivity contribution is 0.0927. The Labute approximate surface area is 196 Å². The summed E-state index contributed by atoms with van der Waals surface area (Å²) in [6, 6.07) is 11.9. The average Bonchev–Trinajstić information content (AvgIpc) is 3.38. The highest BCUT2D eigenvalue weighted by Crippen LogP contribution is 2.28. The molecule has 3 N–H and O–H groups in total. The second-order valence-electron chi connectivity index (χ2n) is 6.52. The predicted octanol–water partition coefficient (Wildman–Crippen LogP) is 3.22. The van der Waals surface area contributed by atoms with E-state index in [0.29, 0.717) is 24.9 Å². The molecule has 9 heteroatoms. The van der Waals surface area contributed by atoms with Gasteiger partial charge in [-0.2, -0.15) is 0 Å². The van der Waals surface area contributed by atoms with E-state index < -0.39 is 0 Å². The first kappa shape index (κ1) is 23.5. The molecule has 7 nitrogen and oxygen atoms in total. The van der Waals surface area contributed by atoms with Crippen molar-refractivity contribution in [1.82, 2.24) is 16.0 Å². The highest BCUT2D eigenvalue weighted by Gasteiger charge is 2.24. The van der Waals surface area contributed by atoms with Crippen LogP contribution in [0.25, 0.3) is 0 Å². The summed E-state index contributed by atoms with van der Waals surface area (Å²) >= 11 is 3.63. The van der Waals surface area contributed by atoms with Crippen molar-refractivity contribution >= 4 is 57.5 Å². The van der Waals surface area contributed by atoms with Crippen LogP contribution in [0.4, 0.5) is 5.69 Å². The van der Waals surface area contributed by atoms with Crippen LogP contribution in [0.5, 0.6) is 0 Å². The summed E-state index contributed by atoms with van der Waals surface area (Å²) in [5, 5.41) is 9.58. The van der Waals surface area contributed by atoms with E-state index in [1.54, 1.807) is 12.1 Å². The van der Waals surface area contributed by atoms with Crippen molar-refractivity contribution in [2.75, 3.05) is 37.6 Å². The number of aliphatic imine (C=N–C) groups is 1. The summed E-state index contributed by atoms with van der Waals surface area (Å²) in [7, 11) is 0. The summed E-state index contributed by atoms with van der Waals surface area (Å²) in [6.45, 7) is 5.68. The number of anilines is 1. The zero-order valence-corrected chi connectivity index (χ0v) is 20.3. The van der Waals surface area contributed by atoms with Crippen molar-refractivity contribution in [3.05, 3.63) is 52.9 Å². The molecule has 0 spiro atoms. The minimum Gasteiger partial charge on any atom is -0.459 e. The van der Waals surface area contributed by atoms with E-state index in [-0.39, 0.29) is 29.9 Å². The molecule has 1 aromatic carbocycles. The number of rotatable bonds is 7. The van der Waals surface area contributed by atoms with Crippen LogP contribution < -0.4 is 20.9 Å². The molecule has 1 fully saturated rings. The molecule has 158 valence electrons. The minimum absolute atomic E-state index is 0. The van der Waals surface area contributed by atoms with Crippen LogP contribution in [0.15, 0.2) is 56.5 Å². The Kier molecular flexibility index (Phi) is 9.79. The summed E-state index contributed by atoms with van der Waals surface area (Å²) in [5.74, 6) is 0.860. The lowest BCUT2D eigenvalue weighted by atomic mass is 10.3. The second-order valence-corrected chi connectivity index (χ2v) is 7.38. The fraction of sp³-hybridized carbons (Fsp3) is 0.400. The molecular formula is C20H27BrIN5O2. The number of carbonyl (C=O) groups is 1. The van der Waals surface area contributed by atoms with Gasteiger partial charge >= 0.3 is 0 Å². The van der Waals surface area contributed by atoms with E-state index in [0.717, 1.165) is 36.5 Å². The molecule has 29 heavy (non-hydrogen) atoms. The lowest BCUT2D eigenvalue weighted by Gasteiger charge is -2.21. The van der Waals surface area contributed by atoms with Crippen LogP contribution in [0.2, 0.25) is 0 Å². The Morgan fingerprint density at radius 1 is 1.28 bits per heavy atom. The molecule has 2 aromatic rings. The third-order valence-electron chi connectivity index (χ3n) is 4.48. The smallest absolute Gasteiger partial charge is 0.287 e. The van der Waals surface area contributed by atoms with Crippen molar-refractivity contribution in [3.8, 4) is 0 Å². The van der Waals surface area contributed by atoms with Crippen LogP contribution in [0.1, 0.15) is 23.9 Å². The number of guanidine groups is 1. The van der Waals surface area contributed by atoms with Gasteiger partial charge in [-0.3, -0.25) is 9.79 Å². The number of para-hydroxylation sites is 1. The fourth-order valence-corrected chi connectivity index (χ4v) is 3.69. The van der Waals surface area contributed by atoms with Crippen LogP contribution in [-0.4, -0.2) is 50.6 Å². The molecule has 1 aliphatic heterocycles. The van der Waals surface area contributed by atoms with Gasteiger partial charge in [0.25, 0.3) is 5.91 Å². The maximum atomic E-state index is 11.9. The minimum atomic E-state index is -0.224. The number of hydrogen-bond acceptors (Lipinski definition) is 4. The van der Waals surface area contributed by atoms with Crippen LogP contribution in [0, 0.1) is 0 Å². The summed E-state index contributed by atoms with van der Waals surface area (Å²) < 4.78 is 6.19. The van der Waals surface area contributed by atoms with Gasteiger partial charge < -0.3 is 25.3 Å². The Bertz CT molecular complexity index is 800. The summed E-state index contributed by atoms with van der Waals surface area (Å²) in [6.07, 6.45) is 2.53. The first-order valence-corrected chi connectivity index (χ1v) is 10.3. The van der Waals surface area contributed by atoms with E-state index in [4.69, 9.17) is 4.42 Å². The molecule has 0 bridgehead atoms. The van der Waals surface area contributed by atoms with Gasteiger partial charge in [-0.15, -0.1) is 24.0 Å². The van der Waals surface area contributed by atoms with E-state index in [1.165, 1.54) is 12.0 Å². The van der Waals surface area contributed by atoms with Gasteiger partial charge in [-0.05, 0) is 53.5 Å². The summed E-state index contributed by atoms with van der Waals surface area (Å²) in [5.41, 5.74) is 1.22. The van der Waals surface area contributed by atoms with Crippen LogP contribution in [-0.2, 0) is 0 Å². The number of nitrogens with one attached hydrogen (secondary N) is 3. The van der Waals surface area contributed by atoms with Gasteiger partial charge in [0.15, 0.2) is 11.7 Å². The maximum absolute atomic E-state index is 11.9. The first-order chi connectivity index (χ1) is 13.7. The van der Waals surface area contributed by atoms with Crippen molar-refractivity contribution in [2.24, 2.45) is 4.99 Å². The van der Waals surface area contributed by atoms with E-state index >= 15 is 0 Å². The Morgan fingerprint density at radius 2 is 2.10 bits per heavy atom. The van der Waals surface area contributed by atoms with Crippen LogP contribution in [0.3, 0.4) is 0 Å². The number of furan rings is 1. The predicted molar refractivity (Wildman–Crippen MR) is 130 cm³/mol. The number of hydrogen-bond donors (Lipinski definition) is 3. The fourth-order valence-electron chi connectivity index (χ4n) is 3.15. The van der Waals surface area contributed by atoms with E-state index in [1.807, 2.05) is 13.0 Å². The number of halogens is 2. The van der Waals surface area contributed by atoms with E-state index in [2.05, 4.69) is 60.0 Å². The van der Waals surface area contributed by atoms with Gasteiger partial charge in [0.05, 0.1) is 18.5 Å². The molecule has 1 aliphatic rings. The number of amides is 1. The van der Waals surface area contributed by atoms with Gasteiger partial charge in [0, 0.05) is 36.7 Å². The van der Waals surface area contributed by atoms with Gasteiger partial charge in [0.1, 0.15) is 0 Å². The van der Waals surface area contributed by atoms with Gasteiger partial charge in [-0.25, -0.2) is 0 Å². The quantitative estimate of drug-likeness (QED) is 0.204. The topological polar surface area (TPSA) is 81.9 Å². The molecular weight excluding hydrogens is 549 g/mol. The second kappa shape index (κ2) is 12.1. The third kappa shape index (κ3) is 6.91. The standard InChI is InChI=1S/C20H26BrN5O2.HI/c1-2-22-20(24-11-10-23-19(27)18-8-5-13-28-18)25-15-9-12-26(14-15)17-7-4-3-6-16(17)21;/h3-8,13,15H,2,9-12,14H2,1H3,(H,23,27)(H2,22,24,25);1H. The molecule has 0 radical (unpaired) electrons. The molecule has 1 aromatic heterocycles. The largest absolute Gasteiger partial charge is 0.459 e. The Balaban J connectivity index is 0.00000300.